The van der Waals surface area contributed by atoms with Gasteiger partial charge in [0.15, 0.2) is 9.84 Å². The number of nitrogens with one attached hydrogen (secondary N) is 1. The van der Waals surface area contributed by atoms with Gasteiger partial charge in [0.25, 0.3) is 0 Å². The van der Waals surface area contributed by atoms with Crippen LogP contribution in [0.1, 0.15) is 18.6 Å². The van der Waals surface area contributed by atoms with Crippen LogP contribution in [0.5, 0.6) is 5.75 Å². The van der Waals surface area contributed by atoms with E-state index >= 15 is 0 Å². The Morgan fingerprint density at radius 3 is 2.47 bits per heavy atom. The van der Waals surface area contributed by atoms with Gasteiger partial charge in [0.1, 0.15) is 23.4 Å². The van der Waals surface area contributed by atoms with Crippen LogP contribution in [0.4, 0.5) is 5.82 Å². The monoisotopic (exact) mass is 517 g/mol. The number of ether oxygens (including phenoxy) is 1. The number of aromatic nitrogens is 4. The Hall–Kier alpha value is -2.88. The molecule has 5 rings (SSSR count). The molecule has 0 spiro atoms. The molecular formula is C23H21Cl2N5O3S. The van der Waals surface area contributed by atoms with Gasteiger partial charge in [0.2, 0.25) is 0 Å². The topological polar surface area (TPSA) is 101 Å². The molecule has 0 amide bonds. The summed E-state index contributed by atoms with van der Waals surface area (Å²) >= 11 is 12.5. The maximum absolute atomic E-state index is 11.7. The zero-order valence-corrected chi connectivity index (χ0v) is 20.5. The Bertz CT molecular complexity index is 1420. The number of sulfone groups is 1. The average molecular weight is 518 g/mol. The zero-order chi connectivity index (χ0) is 23.9. The molecular weight excluding hydrogens is 497 g/mol. The molecule has 1 N–H and O–H groups in total. The Labute approximate surface area is 206 Å². The number of H-pyrrole nitrogens is 1. The molecule has 1 aromatic carbocycles. The van der Waals surface area contributed by atoms with Gasteiger partial charge in [0, 0.05) is 48.2 Å². The molecule has 34 heavy (non-hydrogen) atoms. The maximum atomic E-state index is 11.7. The summed E-state index contributed by atoms with van der Waals surface area (Å²) in [4.78, 5) is 10.5. The highest BCUT2D eigenvalue weighted by molar-refractivity contribution is 7.91. The lowest BCUT2D eigenvalue weighted by molar-refractivity contribution is 0.227. The normalized spacial score (nSPS) is 16.5. The lowest BCUT2D eigenvalue weighted by Crippen LogP contribution is -2.40. The van der Waals surface area contributed by atoms with Gasteiger partial charge in [-0.1, -0.05) is 23.2 Å². The summed E-state index contributed by atoms with van der Waals surface area (Å²) in [5.74, 6) is 1.70. The number of anilines is 1. The molecule has 0 saturated carbocycles. The highest BCUT2D eigenvalue weighted by Crippen LogP contribution is 2.35. The van der Waals surface area contributed by atoms with E-state index in [0.29, 0.717) is 34.4 Å². The fourth-order valence-electron chi connectivity index (χ4n) is 4.01. The maximum Gasteiger partial charge on any atom is 0.153 e. The quantitative estimate of drug-likeness (QED) is 0.409. The molecule has 1 atom stereocenters. The van der Waals surface area contributed by atoms with E-state index in [4.69, 9.17) is 27.9 Å². The lowest BCUT2D eigenvalue weighted by atomic mass is 10.1. The SMILES string of the molecule is CC(Oc1ccc2[nH]nc(-c3ccc(N4CCS(=O)(=O)CC4)nc3)c2c1)c1c(Cl)cncc1Cl. The molecule has 176 valence electrons. The Morgan fingerprint density at radius 2 is 1.79 bits per heavy atom. The molecule has 4 aromatic rings. The highest BCUT2D eigenvalue weighted by Gasteiger charge is 2.23. The van der Waals surface area contributed by atoms with Crippen molar-refractivity contribution in [2.45, 2.75) is 13.0 Å². The van der Waals surface area contributed by atoms with E-state index in [0.717, 1.165) is 28.0 Å². The number of pyridine rings is 2. The van der Waals surface area contributed by atoms with Gasteiger partial charge in [-0.05, 0) is 37.3 Å². The molecule has 3 aromatic heterocycles. The minimum atomic E-state index is -2.94. The third kappa shape index (κ3) is 4.55. The Morgan fingerprint density at radius 1 is 1.06 bits per heavy atom. The zero-order valence-electron chi connectivity index (χ0n) is 18.2. The summed E-state index contributed by atoms with van der Waals surface area (Å²) < 4.78 is 29.5. The molecule has 0 aliphatic carbocycles. The van der Waals surface area contributed by atoms with Crippen LogP contribution in [0.25, 0.3) is 22.2 Å². The van der Waals surface area contributed by atoms with Crippen molar-refractivity contribution in [1.29, 1.82) is 0 Å². The largest absolute Gasteiger partial charge is 0.486 e. The molecule has 0 radical (unpaired) electrons. The third-order valence-electron chi connectivity index (χ3n) is 5.83. The predicted octanol–water partition coefficient (Wildman–Crippen LogP) is 4.70. The number of hydrogen-bond acceptors (Lipinski definition) is 7. The van der Waals surface area contributed by atoms with E-state index in [1.54, 1.807) is 18.6 Å². The van der Waals surface area contributed by atoms with Gasteiger partial charge < -0.3 is 9.64 Å². The number of halogens is 2. The summed E-state index contributed by atoms with van der Waals surface area (Å²) in [7, 11) is -2.94. The molecule has 1 aliphatic rings. The van der Waals surface area contributed by atoms with E-state index < -0.39 is 9.84 Å². The van der Waals surface area contributed by atoms with Crippen molar-refractivity contribution < 1.29 is 13.2 Å². The summed E-state index contributed by atoms with van der Waals surface area (Å²) in [5.41, 5.74) is 3.12. The number of benzene rings is 1. The predicted molar refractivity (Wildman–Crippen MR) is 133 cm³/mol. The molecule has 1 saturated heterocycles. The number of rotatable bonds is 5. The van der Waals surface area contributed by atoms with Crippen LogP contribution in [0, 0.1) is 0 Å². The van der Waals surface area contributed by atoms with Crippen molar-refractivity contribution in [3.05, 3.63) is 64.5 Å². The van der Waals surface area contributed by atoms with Crippen molar-refractivity contribution in [3.63, 3.8) is 0 Å². The van der Waals surface area contributed by atoms with Crippen molar-refractivity contribution >= 4 is 49.8 Å². The highest BCUT2D eigenvalue weighted by atomic mass is 35.5. The van der Waals surface area contributed by atoms with Gasteiger partial charge in [-0.15, -0.1) is 0 Å². The first-order valence-corrected chi connectivity index (χ1v) is 13.2. The molecule has 1 aliphatic heterocycles. The molecule has 8 nitrogen and oxygen atoms in total. The first-order chi connectivity index (χ1) is 16.3. The summed E-state index contributed by atoms with van der Waals surface area (Å²) in [5, 5.41) is 9.29. The third-order valence-corrected chi connectivity index (χ3v) is 8.05. The van der Waals surface area contributed by atoms with Gasteiger partial charge in [-0.25, -0.2) is 13.4 Å². The van der Waals surface area contributed by atoms with E-state index in [2.05, 4.69) is 20.2 Å². The van der Waals surface area contributed by atoms with Crippen LogP contribution in [0.2, 0.25) is 10.0 Å². The Balaban J connectivity index is 1.39. The summed E-state index contributed by atoms with van der Waals surface area (Å²) in [6, 6.07) is 9.50. The first-order valence-electron chi connectivity index (χ1n) is 10.7. The van der Waals surface area contributed by atoms with E-state index in [1.807, 2.05) is 42.2 Å². The fraction of sp³-hybridized carbons (Fsp3) is 0.261. The van der Waals surface area contributed by atoms with Crippen molar-refractivity contribution in [1.82, 2.24) is 20.2 Å². The van der Waals surface area contributed by atoms with Crippen molar-refractivity contribution in [2.24, 2.45) is 0 Å². The van der Waals surface area contributed by atoms with Crippen LogP contribution in [0.15, 0.2) is 48.9 Å². The van der Waals surface area contributed by atoms with E-state index in [-0.39, 0.29) is 17.6 Å². The van der Waals surface area contributed by atoms with E-state index in [1.165, 1.54) is 0 Å². The minimum Gasteiger partial charge on any atom is -0.486 e. The molecule has 4 heterocycles. The van der Waals surface area contributed by atoms with Crippen molar-refractivity contribution in [3.8, 4) is 17.0 Å². The summed E-state index contributed by atoms with van der Waals surface area (Å²) in [6.45, 7) is 2.77. The number of hydrogen-bond donors (Lipinski definition) is 1. The smallest absolute Gasteiger partial charge is 0.153 e. The summed E-state index contributed by atoms with van der Waals surface area (Å²) in [6.07, 6.45) is 4.45. The number of fused-ring (bicyclic) bond motifs is 1. The van der Waals surface area contributed by atoms with Crippen LogP contribution >= 0.6 is 23.2 Å². The second-order valence-corrected chi connectivity index (χ2v) is 11.2. The van der Waals surface area contributed by atoms with Gasteiger partial charge in [-0.3, -0.25) is 10.1 Å². The Kier molecular flexibility index (Phi) is 6.09. The van der Waals surface area contributed by atoms with Crippen LogP contribution in [0.3, 0.4) is 0 Å². The number of aromatic amines is 1. The molecule has 1 fully saturated rings. The van der Waals surface area contributed by atoms with Crippen LogP contribution in [-0.2, 0) is 9.84 Å². The lowest BCUT2D eigenvalue weighted by Gasteiger charge is -2.27. The molecule has 11 heteroatoms. The van der Waals surface area contributed by atoms with Gasteiger partial charge >= 0.3 is 0 Å². The number of nitrogens with zero attached hydrogens (tertiary/aromatic N) is 4. The van der Waals surface area contributed by atoms with E-state index in [9.17, 15) is 8.42 Å². The van der Waals surface area contributed by atoms with Crippen LogP contribution in [-0.4, -0.2) is 53.2 Å². The first kappa shape index (κ1) is 22.9. The second-order valence-electron chi connectivity index (χ2n) is 8.10. The minimum absolute atomic E-state index is 0.150. The second kappa shape index (κ2) is 9.05. The van der Waals surface area contributed by atoms with Crippen LogP contribution < -0.4 is 9.64 Å². The fourth-order valence-corrected chi connectivity index (χ4v) is 5.89. The standard InChI is InChI=1S/C23H21Cl2N5O3S/c1-14(22-18(24)12-26-13-19(22)25)33-16-3-4-20-17(10-16)23(29-28-20)15-2-5-21(27-11-15)30-6-8-34(31,32)9-7-30/h2-5,10-14H,6-9H2,1H3,(H,28,29). The average Bonchev–Trinajstić information content (AvgIpc) is 3.22. The molecule has 1 unspecified atom stereocenters. The van der Waals surface area contributed by atoms with Gasteiger partial charge in [-0.2, -0.15) is 5.10 Å². The van der Waals surface area contributed by atoms with Crippen molar-refractivity contribution in [2.75, 3.05) is 29.5 Å². The molecule has 0 bridgehead atoms. The van der Waals surface area contributed by atoms with Gasteiger partial charge in [0.05, 0.1) is 27.1 Å².